The molecule has 0 bridgehead atoms. The van der Waals surface area contributed by atoms with Crippen molar-refractivity contribution in [2.24, 2.45) is 5.73 Å². The van der Waals surface area contributed by atoms with Crippen molar-refractivity contribution >= 4 is 5.91 Å². The fourth-order valence-corrected chi connectivity index (χ4v) is 2.21. The lowest BCUT2D eigenvalue weighted by Crippen LogP contribution is -2.45. The molecule has 4 nitrogen and oxygen atoms in total. The van der Waals surface area contributed by atoms with Gasteiger partial charge in [0, 0.05) is 25.2 Å². The highest BCUT2D eigenvalue weighted by Crippen LogP contribution is 2.17. The fraction of sp³-hybridized carbons (Fsp3) is 0.917. The van der Waals surface area contributed by atoms with Gasteiger partial charge in [0.15, 0.2) is 0 Å². The van der Waals surface area contributed by atoms with E-state index in [9.17, 15) is 4.79 Å². The van der Waals surface area contributed by atoms with Crippen molar-refractivity contribution in [3.8, 4) is 0 Å². The smallest absolute Gasteiger partial charge is 0.234 e. The summed E-state index contributed by atoms with van der Waals surface area (Å²) in [5.41, 5.74) is 5.53. The lowest BCUT2D eigenvalue weighted by Gasteiger charge is -2.25. The Morgan fingerprint density at radius 2 is 2.06 bits per heavy atom. The van der Waals surface area contributed by atoms with E-state index in [0.29, 0.717) is 25.2 Å². The van der Waals surface area contributed by atoms with Gasteiger partial charge in [0.25, 0.3) is 0 Å². The summed E-state index contributed by atoms with van der Waals surface area (Å²) in [5.74, 6) is 0.147. The molecule has 1 rings (SSSR count). The van der Waals surface area contributed by atoms with Crippen LogP contribution in [0, 0.1) is 0 Å². The average Bonchev–Trinajstić information content (AvgIpc) is 2.69. The molecule has 0 aromatic carbocycles. The summed E-state index contributed by atoms with van der Waals surface area (Å²) in [6.07, 6.45) is 4.79. The molecule has 0 heterocycles. The van der Waals surface area contributed by atoms with Gasteiger partial charge in [0.1, 0.15) is 0 Å². The van der Waals surface area contributed by atoms with Gasteiger partial charge in [-0.3, -0.25) is 9.69 Å². The molecule has 1 fully saturated rings. The van der Waals surface area contributed by atoms with Crippen LogP contribution in [0.3, 0.4) is 0 Å². The van der Waals surface area contributed by atoms with Crippen molar-refractivity contribution in [2.45, 2.75) is 51.6 Å². The summed E-state index contributed by atoms with van der Waals surface area (Å²) in [7, 11) is 0. The fourth-order valence-electron chi connectivity index (χ4n) is 2.21. The zero-order valence-corrected chi connectivity index (χ0v) is 10.5. The molecule has 0 unspecified atom stereocenters. The largest absolute Gasteiger partial charge is 0.352 e. The summed E-state index contributed by atoms with van der Waals surface area (Å²) in [5, 5.41) is 3.10. The molecule has 0 radical (unpaired) electrons. The van der Waals surface area contributed by atoms with Crippen molar-refractivity contribution in [1.82, 2.24) is 10.2 Å². The molecule has 1 saturated carbocycles. The highest BCUT2D eigenvalue weighted by molar-refractivity contribution is 5.78. The van der Waals surface area contributed by atoms with E-state index in [1.54, 1.807) is 0 Å². The molecular formula is C12H25N3O. The van der Waals surface area contributed by atoms with Crippen molar-refractivity contribution in [2.75, 3.05) is 19.6 Å². The van der Waals surface area contributed by atoms with Gasteiger partial charge >= 0.3 is 0 Å². The molecule has 94 valence electrons. The molecule has 1 amide bonds. The van der Waals surface area contributed by atoms with Crippen LogP contribution in [0.15, 0.2) is 0 Å². The maximum atomic E-state index is 11.8. The Bertz CT molecular complexity index is 212. The van der Waals surface area contributed by atoms with Crippen LogP contribution in [0.25, 0.3) is 0 Å². The molecule has 0 spiro atoms. The van der Waals surface area contributed by atoms with E-state index in [-0.39, 0.29) is 5.91 Å². The molecule has 0 saturated heterocycles. The van der Waals surface area contributed by atoms with E-state index >= 15 is 0 Å². The normalized spacial score (nSPS) is 17.3. The van der Waals surface area contributed by atoms with Crippen molar-refractivity contribution in [3.05, 3.63) is 0 Å². The third kappa shape index (κ3) is 4.49. The number of nitrogens with one attached hydrogen (secondary N) is 1. The molecule has 0 aliphatic heterocycles. The Kier molecular flexibility index (Phi) is 5.77. The highest BCUT2D eigenvalue weighted by Gasteiger charge is 2.19. The lowest BCUT2D eigenvalue weighted by molar-refractivity contribution is -0.123. The van der Waals surface area contributed by atoms with E-state index in [0.717, 1.165) is 19.4 Å². The van der Waals surface area contributed by atoms with Crippen molar-refractivity contribution < 1.29 is 4.79 Å². The quantitative estimate of drug-likeness (QED) is 0.703. The Morgan fingerprint density at radius 1 is 1.44 bits per heavy atom. The average molecular weight is 227 g/mol. The number of hydrogen-bond acceptors (Lipinski definition) is 3. The van der Waals surface area contributed by atoms with Gasteiger partial charge in [-0.15, -0.1) is 0 Å². The van der Waals surface area contributed by atoms with Gasteiger partial charge in [0.05, 0.1) is 6.54 Å². The molecule has 0 aromatic rings. The minimum atomic E-state index is 0.147. The van der Waals surface area contributed by atoms with Gasteiger partial charge in [-0.05, 0) is 26.7 Å². The van der Waals surface area contributed by atoms with E-state index < -0.39 is 0 Å². The highest BCUT2D eigenvalue weighted by atomic mass is 16.2. The Labute approximate surface area is 98.6 Å². The molecule has 1 aliphatic rings. The Morgan fingerprint density at radius 3 is 2.56 bits per heavy atom. The maximum absolute atomic E-state index is 11.8. The summed E-state index contributed by atoms with van der Waals surface area (Å²) in [6, 6.07) is 0.789. The predicted octanol–water partition coefficient (Wildman–Crippen LogP) is 0.714. The first-order valence-corrected chi connectivity index (χ1v) is 6.37. The summed E-state index contributed by atoms with van der Waals surface area (Å²) < 4.78 is 0. The maximum Gasteiger partial charge on any atom is 0.234 e. The lowest BCUT2D eigenvalue weighted by atomic mass is 10.2. The number of rotatable bonds is 6. The second-order valence-electron chi connectivity index (χ2n) is 4.90. The van der Waals surface area contributed by atoms with Crippen LogP contribution in [0.5, 0.6) is 0 Å². The zero-order valence-electron chi connectivity index (χ0n) is 10.5. The van der Waals surface area contributed by atoms with Crippen LogP contribution >= 0.6 is 0 Å². The first-order valence-electron chi connectivity index (χ1n) is 6.37. The number of amides is 1. The standard InChI is InChI=1S/C12H25N3O/c1-10(2)15(8-7-13)9-12(16)14-11-5-3-4-6-11/h10-11H,3-9,13H2,1-2H3,(H,14,16). The second-order valence-corrected chi connectivity index (χ2v) is 4.90. The third-order valence-electron chi connectivity index (χ3n) is 3.21. The number of nitrogens with zero attached hydrogens (tertiary/aromatic N) is 1. The first kappa shape index (κ1) is 13.5. The van der Waals surface area contributed by atoms with E-state index in [4.69, 9.17) is 5.73 Å². The van der Waals surface area contributed by atoms with E-state index in [2.05, 4.69) is 24.1 Å². The Balaban J connectivity index is 2.29. The van der Waals surface area contributed by atoms with Crippen LogP contribution in [-0.2, 0) is 4.79 Å². The number of carbonyl (C=O) groups excluding carboxylic acids is 1. The topological polar surface area (TPSA) is 58.4 Å². The number of carbonyl (C=O) groups is 1. The Hall–Kier alpha value is -0.610. The van der Waals surface area contributed by atoms with Gasteiger partial charge in [-0.25, -0.2) is 0 Å². The van der Waals surface area contributed by atoms with Crippen LogP contribution in [0.1, 0.15) is 39.5 Å². The van der Waals surface area contributed by atoms with Crippen LogP contribution < -0.4 is 11.1 Å². The summed E-state index contributed by atoms with van der Waals surface area (Å²) >= 11 is 0. The number of nitrogens with two attached hydrogens (primary N) is 1. The van der Waals surface area contributed by atoms with Crippen molar-refractivity contribution in [3.63, 3.8) is 0 Å². The van der Waals surface area contributed by atoms with Gasteiger partial charge in [0.2, 0.25) is 5.91 Å². The van der Waals surface area contributed by atoms with Gasteiger partial charge in [-0.1, -0.05) is 12.8 Å². The zero-order chi connectivity index (χ0) is 12.0. The van der Waals surface area contributed by atoms with Crippen LogP contribution in [0.2, 0.25) is 0 Å². The molecule has 1 aliphatic carbocycles. The minimum absolute atomic E-state index is 0.147. The predicted molar refractivity (Wildman–Crippen MR) is 66.2 cm³/mol. The molecule has 16 heavy (non-hydrogen) atoms. The summed E-state index contributed by atoms with van der Waals surface area (Å²) in [6.45, 7) is 6.06. The monoisotopic (exact) mass is 227 g/mol. The molecular weight excluding hydrogens is 202 g/mol. The van der Waals surface area contributed by atoms with Gasteiger partial charge in [-0.2, -0.15) is 0 Å². The molecule has 0 atom stereocenters. The first-order chi connectivity index (χ1) is 7.63. The molecule has 3 N–H and O–H groups in total. The van der Waals surface area contributed by atoms with Crippen molar-refractivity contribution in [1.29, 1.82) is 0 Å². The van der Waals surface area contributed by atoms with E-state index in [1.165, 1.54) is 12.8 Å². The SMILES string of the molecule is CC(C)N(CCN)CC(=O)NC1CCCC1. The number of hydrogen-bond donors (Lipinski definition) is 2. The summed E-state index contributed by atoms with van der Waals surface area (Å²) in [4.78, 5) is 13.9. The second kappa shape index (κ2) is 6.86. The molecule has 0 aromatic heterocycles. The van der Waals surface area contributed by atoms with E-state index in [1.807, 2.05) is 0 Å². The van der Waals surface area contributed by atoms with Crippen LogP contribution in [-0.4, -0.2) is 42.5 Å². The minimum Gasteiger partial charge on any atom is -0.352 e. The van der Waals surface area contributed by atoms with Gasteiger partial charge < -0.3 is 11.1 Å². The van der Waals surface area contributed by atoms with Crippen LogP contribution in [0.4, 0.5) is 0 Å². The molecule has 4 heteroatoms. The third-order valence-corrected chi connectivity index (χ3v) is 3.21.